The van der Waals surface area contributed by atoms with Gasteiger partial charge in [-0.1, -0.05) is 49.4 Å². The zero-order chi connectivity index (χ0) is 20.0. The van der Waals surface area contributed by atoms with Crippen LogP contribution < -0.4 is 5.32 Å². The summed E-state index contributed by atoms with van der Waals surface area (Å²) >= 11 is 0. The van der Waals surface area contributed by atoms with Crippen LogP contribution >= 0.6 is 0 Å². The average molecular weight is 376 g/mol. The van der Waals surface area contributed by atoms with Gasteiger partial charge in [0.25, 0.3) is 0 Å². The number of hydrogen-bond donors (Lipinski definition) is 1. The summed E-state index contributed by atoms with van der Waals surface area (Å²) in [5.74, 6) is 0.975. The van der Waals surface area contributed by atoms with Crippen molar-refractivity contribution >= 4 is 39.0 Å². The molecule has 4 nitrogen and oxygen atoms in total. The molecule has 0 bridgehead atoms. The normalized spacial score (nSPS) is 11.2. The molecule has 0 saturated heterocycles. The molecule has 140 valence electrons. The molecule has 5 rings (SSSR count). The van der Waals surface area contributed by atoms with Crippen LogP contribution in [0.5, 0.6) is 0 Å². The molecule has 0 aliphatic heterocycles. The first-order valence-electron chi connectivity index (χ1n) is 9.80. The molecule has 2 heterocycles. The summed E-state index contributed by atoms with van der Waals surface area (Å²) in [7, 11) is 0. The maximum Gasteiger partial charge on any atom is 0.157 e. The standard InChI is InChI=1S/C25H20N4/c1-3-20-16(2)21(15-26)25-28-22-10-6-7-11-23(22)29(25)24(20)27-19-13-12-17-8-4-5-9-18(17)14-19/h4-14,27H,3H2,1-2H3. The van der Waals surface area contributed by atoms with Crippen molar-refractivity contribution in [3.05, 3.63) is 83.4 Å². The Morgan fingerprint density at radius 3 is 2.55 bits per heavy atom. The van der Waals surface area contributed by atoms with Crippen molar-refractivity contribution in [1.82, 2.24) is 9.38 Å². The van der Waals surface area contributed by atoms with E-state index in [9.17, 15) is 5.26 Å². The van der Waals surface area contributed by atoms with E-state index in [0.717, 1.165) is 40.1 Å². The Bertz CT molecular complexity index is 1440. The molecule has 0 spiro atoms. The van der Waals surface area contributed by atoms with Crippen molar-refractivity contribution in [3.63, 3.8) is 0 Å². The molecule has 0 saturated carbocycles. The lowest BCUT2D eigenvalue weighted by atomic mass is 10.0. The quantitative estimate of drug-likeness (QED) is 0.412. The van der Waals surface area contributed by atoms with E-state index in [2.05, 4.69) is 71.2 Å². The zero-order valence-corrected chi connectivity index (χ0v) is 16.4. The maximum absolute atomic E-state index is 9.84. The van der Waals surface area contributed by atoms with E-state index < -0.39 is 0 Å². The molecule has 29 heavy (non-hydrogen) atoms. The number of benzene rings is 3. The van der Waals surface area contributed by atoms with E-state index in [4.69, 9.17) is 4.98 Å². The number of nitrogens with zero attached hydrogens (tertiary/aromatic N) is 3. The van der Waals surface area contributed by atoms with Crippen molar-refractivity contribution in [1.29, 1.82) is 5.26 Å². The molecule has 4 heteroatoms. The van der Waals surface area contributed by atoms with Gasteiger partial charge in [-0.2, -0.15) is 5.26 Å². The lowest BCUT2D eigenvalue weighted by molar-refractivity contribution is 1.05. The van der Waals surface area contributed by atoms with Gasteiger partial charge in [-0.15, -0.1) is 0 Å². The molecule has 2 aromatic heterocycles. The molecule has 0 aliphatic rings. The van der Waals surface area contributed by atoms with Gasteiger partial charge in [-0.05, 0) is 59.5 Å². The largest absolute Gasteiger partial charge is 0.341 e. The number of aromatic nitrogens is 2. The molecule has 0 fully saturated rings. The average Bonchev–Trinajstić information content (AvgIpc) is 3.13. The minimum absolute atomic E-state index is 0.641. The van der Waals surface area contributed by atoms with E-state index in [1.54, 1.807) is 0 Å². The van der Waals surface area contributed by atoms with Crippen molar-refractivity contribution in [2.45, 2.75) is 20.3 Å². The van der Waals surface area contributed by atoms with Crippen molar-refractivity contribution < 1.29 is 0 Å². The summed E-state index contributed by atoms with van der Waals surface area (Å²) < 4.78 is 2.09. The lowest BCUT2D eigenvalue weighted by Gasteiger charge is -2.18. The summed E-state index contributed by atoms with van der Waals surface area (Å²) in [4.78, 5) is 4.77. The van der Waals surface area contributed by atoms with Crippen LogP contribution in [0, 0.1) is 18.3 Å². The van der Waals surface area contributed by atoms with Crippen LogP contribution in [-0.2, 0) is 6.42 Å². The van der Waals surface area contributed by atoms with Crippen LogP contribution in [0.25, 0.3) is 27.5 Å². The molecule has 0 amide bonds. The molecule has 5 aromatic rings. The first-order chi connectivity index (χ1) is 14.2. The molecule has 0 radical (unpaired) electrons. The predicted molar refractivity (Wildman–Crippen MR) is 119 cm³/mol. The third-order valence-corrected chi connectivity index (χ3v) is 5.60. The molecule has 0 aliphatic carbocycles. The minimum atomic E-state index is 0.641. The number of imidazole rings is 1. The summed E-state index contributed by atoms with van der Waals surface area (Å²) in [6.07, 6.45) is 0.818. The highest BCUT2D eigenvalue weighted by molar-refractivity contribution is 5.89. The number of nitriles is 1. The highest BCUT2D eigenvalue weighted by Crippen LogP contribution is 2.33. The monoisotopic (exact) mass is 376 g/mol. The SMILES string of the molecule is CCc1c(C)c(C#N)c2nc3ccccc3n2c1Nc1ccc2ccccc2c1. The number of anilines is 2. The maximum atomic E-state index is 9.84. The second-order valence-corrected chi connectivity index (χ2v) is 7.24. The summed E-state index contributed by atoms with van der Waals surface area (Å²) in [6, 6.07) is 25.1. The summed E-state index contributed by atoms with van der Waals surface area (Å²) in [5, 5.41) is 15.9. The van der Waals surface area contributed by atoms with Gasteiger partial charge in [-0.3, -0.25) is 4.40 Å². The molecular formula is C25H20N4. The van der Waals surface area contributed by atoms with Crippen molar-refractivity contribution in [3.8, 4) is 6.07 Å². The number of para-hydroxylation sites is 2. The topological polar surface area (TPSA) is 53.1 Å². The number of hydrogen-bond acceptors (Lipinski definition) is 3. The zero-order valence-electron chi connectivity index (χ0n) is 16.4. The van der Waals surface area contributed by atoms with Gasteiger partial charge >= 0.3 is 0 Å². The van der Waals surface area contributed by atoms with Crippen LogP contribution in [0.1, 0.15) is 23.6 Å². The van der Waals surface area contributed by atoms with Gasteiger partial charge in [0.15, 0.2) is 5.65 Å². The number of fused-ring (bicyclic) bond motifs is 4. The molecule has 0 unspecified atom stereocenters. The van der Waals surface area contributed by atoms with Crippen molar-refractivity contribution in [2.24, 2.45) is 0 Å². The Hall–Kier alpha value is -3.84. The van der Waals surface area contributed by atoms with Gasteiger partial charge in [-0.25, -0.2) is 4.98 Å². The van der Waals surface area contributed by atoms with E-state index >= 15 is 0 Å². The lowest BCUT2D eigenvalue weighted by Crippen LogP contribution is -2.07. The Balaban J connectivity index is 1.82. The molecular weight excluding hydrogens is 356 g/mol. The Morgan fingerprint density at radius 2 is 1.76 bits per heavy atom. The van der Waals surface area contributed by atoms with Crippen LogP contribution in [-0.4, -0.2) is 9.38 Å². The second kappa shape index (κ2) is 6.65. The Morgan fingerprint density at radius 1 is 1.00 bits per heavy atom. The fourth-order valence-corrected chi connectivity index (χ4v) is 4.15. The van der Waals surface area contributed by atoms with Crippen LogP contribution in [0.2, 0.25) is 0 Å². The van der Waals surface area contributed by atoms with Gasteiger partial charge in [0.1, 0.15) is 11.9 Å². The first kappa shape index (κ1) is 17.3. The highest BCUT2D eigenvalue weighted by atomic mass is 15.1. The Kier molecular flexibility index (Phi) is 3.96. The van der Waals surface area contributed by atoms with E-state index in [1.165, 1.54) is 10.8 Å². The van der Waals surface area contributed by atoms with Crippen LogP contribution in [0.15, 0.2) is 66.7 Å². The van der Waals surface area contributed by atoms with Gasteiger partial charge in [0.2, 0.25) is 0 Å². The first-order valence-corrected chi connectivity index (χ1v) is 9.80. The van der Waals surface area contributed by atoms with Crippen LogP contribution in [0.4, 0.5) is 11.5 Å². The fourth-order valence-electron chi connectivity index (χ4n) is 4.15. The minimum Gasteiger partial charge on any atom is -0.341 e. The smallest absolute Gasteiger partial charge is 0.157 e. The third kappa shape index (κ3) is 2.63. The highest BCUT2D eigenvalue weighted by Gasteiger charge is 2.20. The van der Waals surface area contributed by atoms with Gasteiger partial charge < -0.3 is 5.32 Å². The number of rotatable bonds is 3. The number of pyridine rings is 1. The molecule has 0 atom stereocenters. The van der Waals surface area contributed by atoms with Gasteiger partial charge in [0.05, 0.1) is 16.6 Å². The van der Waals surface area contributed by atoms with E-state index in [0.29, 0.717) is 11.2 Å². The van der Waals surface area contributed by atoms with Crippen LogP contribution in [0.3, 0.4) is 0 Å². The molecule has 1 N–H and O–H groups in total. The number of nitrogens with one attached hydrogen (secondary N) is 1. The molecule has 3 aromatic carbocycles. The van der Waals surface area contributed by atoms with Crippen molar-refractivity contribution in [2.75, 3.05) is 5.32 Å². The third-order valence-electron chi connectivity index (χ3n) is 5.60. The van der Waals surface area contributed by atoms with Gasteiger partial charge in [0, 0.05) is 5.69 Å². The Labute approximate surface area is 169 Å². The second-order valence-electron chi connectivity index (χ2n) is 7.24. The summed E-state index contributed by atoms with van der Waals surface area (Å²) in [6.45, 7) is 4.14. The summed E-state index contributed by atoms with van der Waals surface area (Å²) in [5.41, 5.74) is 6.36. The predicted octanol–water partition coefficient (Wildman–Crippen LogP) is 6.13. The van der Waals surface area contributed by atoms with E-state index in [-0.39, 0.29) is 0 Å². The van der Waals surface area contributed by atoms with E-state index in [1.807, 2.05) is 25.1 Å². The fraction of sp³-hybridized carbons (Fsp3) is 0.120.